The van der Waals surface area contributed by atoms with Crippen molar-refractivity contribution >= 4 is 13.6 Å². The van der Waals surface area contributed by atoms with E-state index in [0.717, 1.165) is 5.56 Å². The number of methoxy groups -OCH3 is 2. The first kappa shape index (κ1) is 22.4. The molecule has 0 saturated carbocycles. The zero-order chi connectivity index (χ0) is 19.8. The minimum atomic E-state index is -3.54. The van der Waals surface area contributed by atoms with Gasteiger partial charge in [0.05, 0.1) is 14.2 Å². The molecule has 0 aliphatic carbocycles. The maximum absolute atomic E-state index is 12.9. The molecule has 0 saturated heterocycles. The summed E-state index contributed by atoms with van der Waals surface area (Å²) in [5, 5.41) is 1.96. The van der Waals surface area contributed by atoms with Crippen LogP contribution >= 0.6 is 7.60 Å². The topological polar surface area (TPSA) is 92.3 Å². The maximum atomic E-state index is 12.9. The predicted octanol–water partition coefficient (Wildman–Crippen LogP) is 2.60. The summed E-state index contributed by atoms with van der Waals surface area (Å²) in [7, 11) is 2.20. The van der Waals surface area contributed by atoms with Crippen LogP contribution in [-0.2, 0) is 29.6 Å². The standard InChI is InChI=1S/C17H28NO7P/c1-13(19)25-12-17(2,26(20,23-5)24-6)18-10-9-14-7-8-15(21-3)16(11-14)22-4/h7-8,11,18H,9-10,12H2,1-6H3. The number of hydrogen-bond acceptors (Lipinski definition) is 8. The molecule has 8 nitrogen and oxygen atoms in total. The van der Waals surface area contributed by atoms with E-state index in [1.807, 2.05) is 18.2 Å². The third-order valence-electron chi connectivity index (χ3n) is 4.01. The van der Waals surface area contributed by atoms with Crippen molar-refractivity contribution in [1.29, 1.82) is 0 Å². The molecule has 9 heteroatoms. The first-order valence-corrected chi connectivity index (χ1v) is 9.60. The molecule has 1 rings (SSSR count). The lowest BCUT2D eigenvalue weighted by molar-refractivity contribution is -0.142. The third-order valence-corrected chi connectivity index (χ3v) is 6.47. The van der Waals surface area contributed by atoms with Gasteiger partial charge in [0.2, 0.25) is 0 Å². The molecular weight excluding hydrogens is 361 g/mol. The summed E-state index contributed by atoms with van der Waals surface area (Å²) in [4.78, 5) is 11.2. The SMILES string of the molecule is COc1ccc(CCNC(C)(COC(C)=O)P(=O)(OC)OC)cc1OC. The summed E-state index contributed by atoms with van der Waals surface area (Å²) in [5.74, 6) is 0.802. The van der Waals surface area contributed by atoms with Gasteiger partial charge in [-0.3, -0.25) is 14.7 Å². The lowest BCUT2D eigenvalue weighted by Crippen LogP contribution is -2.48. The van der Waals surface area contributed by atoms with Crippen molar-refractivity contribution in [2.75, 3.05) is 41.6 Å². The Morgan fingerprint density at radius 1 is 1.12 bits per heavy atom. The van der Waals surface area contributed by atoms with Crippen molar-refractivity contribution in [2.45, 2.75) is 25.5 Å². The smallest absolute Gasteiger partial charge is 0.353 e. The fraction of sp³-hybridized carbons (Fsp3) is 0.588. The van der Waals surface area contributed by atoms with E-state index in [0.29, 0.717) is 24.5 Å². The van der Waals surface area contributed by atoms with Crippen LogP contribution in [0.2, 0.25) is 0 Å². The van der Waals surface area contributed by atoms with E-state index in [1.54, 1.807) is 21.1 Å². The molecule has 1 atom stereocenters. The van der Waals surface area contributed by atoms with Gasteiger partial charge in [0.1, 0.15) is 6.61 Å². The Bertz CT molecular complexity index is 644. The third kappa shape index (κ3) is 5.45. The fourth-order valence-electron chi connectivity index (χ4n) is 2.46. The van der Waals surface area contributed by atoms with Crippen LogP contribution in [0.4, 0.5) is 0 Å². The van der Waals surface area contributed by atoms with E-state index in [9.17, 15) is 9.36 Å². The normalized spacial score (nSPS) is 13.8. The summed E-state index contributed by atoms with van der Waals surface area (Å²) >= 11 is 0. The van der Waals surface area contributed by atoms with E-state index in [2.05, 4.69) is 5.32 Å². The summed E-state index contributed by atoms with van der Waals surface area (Å²) in [6, 6.07) is 5.61. The van der Waals surface area contributed by atoms with E-state index < -0.39 is 18.8 Å². The molecule has 0 aromatic heterocycles. The van der Waals surface area contributed by atoms with Crippen LogP contribution in [0, 0.1) is 0 Å². The first-order valence-electron chi connectivity index (χ1n) is 8.06. The van der Waals surface area contributed by atoms with Crippen molar-refractivity contribution in [3.63, 3.8) is 0 Å². The average Bonchev–Trinajstić information content (AvgIpc) is 2.65. The number of nitrogens with one attached hydrogen (secondary N) is 1. The lowest BCUT2D eigenvalue weighted by atomic mass is 10.1. The first-order chi connectivity index (χ1) is 12.2. The van der Waals surface area contributed by atoms with Crippen LogP contribution in [-0.4, -0.2) is 52.8 Å². The molecule has 0 amide bonds. The van der Waals surface area contributed by atoms with E-state index in [4.69, 9.17) is 23.3 Å². The molecule has 0 radical (unpaired) electrons. The number of carbonyl (C=O) groups excluding carboxylic acids is 1. The minimum absolute atomic E-state index is 0.146. The van der Waals surface area contributed by atoms with E-state index in [1.165, 1.54) is 21.1 Å². The van der Waals surface area contributed by atoms with Gasteiger partial charge < -0.3 is 23.3 Å². The Morgan fingerprint density at radius 3 is 2.23 bits per heavy atom. The van der Waals surface area contributed by atoms with Crippen LogP contribution in [0.1, 0.15) is 19.4 Å². The molecule has 148 valence electrons. The lowest BCUT2D eigenvalue weighted by Gasteiger charge is -2.35. The molecule has 0 aliphatic rings. The second-order valence-electron chi connectivity index (χ2n) is 5.78. The Hall–Kier alpha value is -1.60. The summed E-state index contributed by atoms with van der Waals surface area (Å²) < 4.78 is 38.6. The highest BCUT2D eigenvalue weighted by Gasteiger charge is 2.47. The molecule has 0 fully saturated rings. The summed E-state index contributed by atoms with van der Waals surface area (Å²) in [5.41, 5.74) is 0.995. The molecule has 1 aromatic rings. The van der Waals surface area contributed by atoms with Gasteiger partial charge in [-0.05, 0) is 31.0 Å². The summed E-state index contributed by atoms with van der Waals surface area (Å²) in [6.07, 6.45) is 0.615. The van der Waals surface area contributed by atoms with Crippen molar-refractivity contribution in [2.24, 2.45) is 0 Å². The zero-order valence-electron chi connectivity index (χ0n) is 16.2. The number of rotatable bonds is 11. The monoisotopic (exact) mass is 389 g/mol. The van der Waals surface area contributed by atoms with Crippen molar-refractivity contribution < 1.29 is 32.6 Å². The minimum Gasteiger partial charge on any atom is -0.493 e. The number of ether oxygens (including phenoxy) is 3. The van der Waals surface area contributed by atoms with Gasteiger partial charge in [-0.15, -0.1) is 0 Å². The molecule has 0 bridgehead atoms. The highest BCUT2D eigenvalue weighted by Crippen LogP contribution is 2.57. The van der Waals surface area contributed by atoms with Gasteiger partial charge in [0.15, 0.2) is 16.8 Å². The van der Waals surface area contributed by atoms with Crippen LogP contribution in [0.15, 0.2) is 18.2 Å². The van der Waals surface area contributed by atoms with Crippen LogP contribution in [0.3, 0.4) is 0 Å². The van der Waals surface area contributed by atoms with Crippen LogP contribution in [0.25, 0.3) is 0 Å². The van der Waals surface area contributed by atoms with Gasteiger partial charge in [-0.1, -0.05) is 6.07 Å². The quantitative estimate of drug-likeness (QED) is 0.456. The summed E-state index contributed by atoms with van der Waals surface area (Å²) in [6.45, 7) is 3.23. The Morgan fingerprint density at radius 2 is 1.73 bits per heavy atom. The van der Waals surface area contributed by atoms with Crippen molar-refractivity contribution in [3.05, 3.63) is 23.8 Å². The van der Waals surface area contributed by atoms with Gasteiger partial charge in [0.25, 0.3) is 0 Å². The second-order valence-corrected chi connectivity index (χ2v) is 8.50. The highest BCUT2D eigenvalue weighted by atomic mass is 31.2. The molecule has 1 N–H and O–H groups in total. The highest BCUT2D eigenvalue weighted by molar-refractivity contribution is 7.55. The Kier molecular flexibility index (Phi) is 8.56. The van der Waals surface area contributed by atoms with Crippen molar-refractivity contribution in [1.82, 2.24) is 5.32 Å². The van der Waals surface area contributed by atoms with Crippen LogP contribution in [0.5, 0.6) is 11.5 Å². The van der Waals surface area contributed by atoms with Crippen molar-refractivity contribution in [3.8, 4) is 11.5 Å². The number of carbonyl (C=O) groups is 1. The maximum Gasteiger partial charge on any atom is 0.353 e. The molecule has 0 spiro atoms. The average molecular weight is 389 g/mol. The molecule has 0 aliphatic heterocycles. The zero-order valence-corrected chi connectivity index (χ0v) is 17.1. The largest absolute Gasteiger partial charge is 0.493 e. The molecule has 1 aromatic carbocycles. The second kappa shape index (κ2) is 9.92. The van der Waals surface area contributed by atoms with Crippen LogP contribution < -0.4 is 14.8 Å². The number of esters is 1. The Labute approximate surface area is 154 Å². The Balaban J connectivity index is 2.87. The number of hydrogen-bond donors (Lipinski definition) is 1. The number of benzene rings is 1. The molecule has 0 heterocycles. The fourth-order valence-corrected chi connectivity index (χ4v) is 3.94. The van der Waals surface area contributed by atoms with Gasteiger partial charge in [0, 0.05) is 27.7 Å². The molecular formula is C17H28NO7P. The van der Waals surface area contributed by atoms with Gasteiger partial charge >= 0.3 is 13.6 Å². The molecule has 1 unspecified atom stereocenters. The van der Waals surface area contributed by atoms with E-state index in [-0.39, 0.29) is 6.61 Å². The molecule has 26 heavy (non-hydrogen) atoms. The van der Waals surface area contributed by atoms with Gasteiger partial charge in [-0.25, -0.2) is 0 Å². The predicted molar refractivity (Wildman–Crippen MR) is 97.9 cm³/mol. The van der Waals surface area contributed by atoms with Gasteiger partial charge in [-0.2, -0.15) is 0 Å². The van der Waals surface area contributed by atoms with E-state index >= 15 is 0 Å².